The van der Waals surface area contributed by atoms with Crippen LogP contribution in [0, 0.1) is 5.82 Å². The van der Waals surface area contributed by atoms with Crippen molar-refractivity contribution in [2.45, 2.75) is 19.9 Å². The van der Waals surface area contributed by atoms with Crippen LogP contribution in [0.25, 0.3) is 10.1 Å². The van der Waals surface area contributed by atoms with Gasteiger partial charge in [-0.15, -0.1) is 11.3 Å². The normalized spacial score (nSPS) is 10.6. The predicted molar refractivity (Wildman–Crippen MR) is 75.3 cm³/mol. The van der Waals surface area contributed by atoms with Gasteiger partial charge < -0.3 is 10.1 Å². The maximum atomic E-state index is 14.0. The Morgan fingerprint density at radius 2 is 2.15 bits per heavy atom. The Kier molecular flexibility index (Phi) is 4.34. The van der Waals surface area contributed by atoms with Gasteiger partial charge in [-0.2, -0.15) is 0 Å². The molecule has 106 valence electrons. The van der Waals surface area contributed by atoms with E-state index < -0.39 is 11.8 Å². The van der Waals surface area contributed by atoms with Crippen LogP contribution in [0.4, 0.5) is 4.39 Å². The van der Waals surface area contributed by atoms with E-state index in [4.69, 9.17) is 4.74 Å². The summed E-state index contributed by atoms with van der Waals surface area (Å²) in [5, 5.41) is 3.04. The zero-order valence-electron chi connectivity index (χ0n) is 11.2. The lowest BCUT2D eigenvalue weighted by Crippen LogP contribution is -2.22. The summed E-state index contributed by atoms with van der Waals surface area (Å²) in [4.78, 5) is 23.5. The molecule has 0 fully saturated rings. The molecule has 0 aliphatic heterocycles. The van der Waals surface area contributed by atoms with Crippen molar-refractivity contribution < 1.29 is 18.7 Å². The van der Waals surface area contributed by atoms with E-state index in [-0.39, 0.29) is 12.5 Å². The zero-order chi connectivity index (χ0) is 14.7. The highest BCUT2D eigenvalue weighted by atomic mass is 32.1. The lowest BCUT2D eigenvalue weighted by molar-refractivity contribution is -0.120. The Morgan fingerprint density at radius 1 is 1.40 bits per heavy atom. The first-order valence-electron chi connectivity index (χ1n) is 6.13. The van der Waals surface area contributed by atoms with Gasteiger partial charge in [-0.3, -0.25) is 4.79 Å². The number of benzene rings is 1. The second-order valence-electron chi connectivity index (χ2n) is 4.14. The predicted octanol–water partition coefficient (Wildman–Crippen LogP) is 2.85. The van der Waals surface area contributed by atoms with Crippen molar-refractivity contribution in [1.29, 1.82) is 0 Å². The van der Waals surface area contributed by atoms with Crippen LogP contribution < -0.4 is 5.32 Å². The van der Waals surface area contributed by atoms with Crippen molar-refractivity contribution in [2.75, 3.05) is 7.11 Å². The molecule has 20 heavy (non-hydrogen) atoms. The molecular weight excluding hydrogens is 281 g/mol. The molecule has 2 rings (SSSR count). The maximum Gasteiger partial charge on any atom is 0.348 e. The van der Waals surface area contributed by atoms with Gasteiger partial charge in [-0.25, -0.2) is 9.18 Å². The van der Waals surface area contributed by atoms with E-state index in [9.17, 15) is 14.0 Å². The number of rotatable bonds is 4. The fourth-order valence-corrected chi connectivity index (χ4v) is 3.06. The van der Waals surface area contributed by atoms with Gasteiger partial charge in [-0.05, 0) is 12.1 Å². The fourth-order valence-electron chi connectivity index (χ4n) is 1.91. The van der Waals surface area contributed by atoms with E-state index in [1.807, 2.05) is 0 Å². The molecule has 6 heteroatoms. The third-order valence-electron chi connectivity index (χ3n) is 2.92. The molecule has 0 aliphatic carbocycles. The highest BCUT2D eigenvalue weighted by Gasteiger charge is 2.21. The summed E-state index contributed by atoms with van der Waals surface area (Å²) in [6.07, 6.45) is 0.331. The van der Waals surface area contributed by atoms with E-state index in [1.165, 1.54) is 13.2 Å². The SMILES string of the molecule is CCC(=O)NCc1c(C(=O)OC)sc2cccc(F)c12. The number of methoxy groups -OCH3 is 1. The van der Waals surface area contributed by atoms with E-state index >= 15 is 0 Å². The topological polar surface area (TPSA) is 55.4 Å². The molecule has 0 unspecified atom stereocenters. The molecule has 1 N–H and O–H groups in total. The standard InChI is InChI=1S/C14H14FNO3S/c1-3-11(17)16-7-8-12-9(15)5-4-6-10(12)20-13(8)14(18)19-2/h4-6H,3,7H2,1-2H3,(H,16,17). The first-order chi connectivity index (χ1) is 9.58. The average Bonchev–Trinajstić information content (AvgIpc) is 2.83. The number of esters is 1. The number of carbonyl (C=O) groups is 2. The molecule has 4 nitrogen and oxygen atoms in total. The van der Waals surface area contributed by atoms with Crippen molar-refractivity contribution in [2.24, 2.45) is 0 Å². The van der Waals surface area contributed by atoms with Crippen LogP contribution in [0.5, 0.6) is 0 Å². The van der Waals surface area contributed by atoms with Gasteiger partial charge in [-0.1, -0.05) is 13.0 Å². The molecule has 0 atom stereocenters. The fraction of sp³-hybridized carbons (Fsp3) is 0.286. The third-order valence-corrected chi connectivity index (χ3v) is 4.09. The second kappa shape index (κ2) is 6.00. The molecule has 0 radical (unpaired) electrons. The van der Waals surface area contributed by atoms with Gasteiger partial charge in [0.1, 0.15) is 10.7 Å². The van der Waals surface area contributed by atoms with Gasteiger partial charge in [0.2, 0.25) is 5.91 Å². The summed E-state index contributed by atoms with van der Waals surface area (Å²) >= 11 is 1.16. The molecule has 2 aromatic rings. The lowest BCUT2D eigenvalue weighted by Gasteiger charge is -2.05. The number of fused-ring (bicyclic) bond motifs is 1. The summed E-state index contributed by atoms with van der Waals surface area (Å²) in [6.45, 7) is 1.83. The number of thiophene rings is 1. The third kappa shape index (κ3) is 2.65. The minimum Gasteiger partial charge on any atom is -0.465 e. The molecule has 0 aliphatic rings. The largest absolute Gasteiger partial charge is 0.465 e. The van der Waals surface area contributed by atoms with Crippen molar-refractivity contribution in [3.8, 4) is 0 Å². The smallest absolute Gasteiger partial charge is 0.348 e. The minimum atomic E-state index is -0.522. The van der Waals surface area contributed by atoms with Crippen LogP contribution in [0.2, 0.25) is 0 Å². The number of amides is 1. The van der Waals surface area contributed by atoms with E-state index in [1.54, 1.807) is 19.1 Å². The maximum absolute atomic E-state index is 14.0. The summed E-state index contributed by atoms with van der Waals surface area (Å²) in [5.74, 6) is -1.09. The van der Waals surface area contributed by atoms with Crippen molar-refractivity contribution >= 4 is 33.3 Å². The number of hydrogen-bond donors (Lipinski definition) is 1. The van der Waals surface area contributed by atoms with Crippen molar-refractivity contribution in [3.63, 3.8) is 0 Å². The number of ether oxygens (including phenoxy) is 1. The van der Waals surface area contributed by atoms with Crippen LogP contribution in [-0.2, 0) is 16.1 Å². The molecule has 1 amide bonds. The van der Waals surface area contributed by atoms with Gasteiger partial charge in [0, 0.05) is 28.6 Å². The minimum absolute atomic E-state index is 0.109. The van der Waals surface area contributed by atoms with Gasteiger partial charge in [0.25, 0.3) is 0 Å². The molecule has 0 bridgehead atoms. The van der Waals surface area contributed by atoms with E-state index in [0.29, 0.717) is 26.9 Å². The molecule has 1 heterocycles. The number of carbonyl (C=O) groups excluding carboxylic acids is 2. The first kappa shape index (κ1) is 14.5. The average molecular weight is 295 g/mol. The number of nitrogens with one attached hydrogen (secondary N) is 1. The summed E-state index contributed by atoms with van der Waals surface area (Å²) in [7, 11) is 1.28. The summed E-state index contributed by atoms with van der Waals surface area (Å²) in [5.41, 5.74) is 0.469. The molecule has 0 spiro atoms. The quantitative estimate of drug-likeness (QED) is 0.882. The zero-order valence-corrected chi connectivity index (χ0v) is 12.0. The Morgan fingerprint density at radius 3 is 2.80 bits per heavy atom. The Labute approximate surface area is 119 Å². The molecular formula is C14H14FNO3S. The molecule has 0 saturated heterocycles. The summed E-state index contributed by atoms with van der Waals surface area (Å²) in [6, 6.07) is 4.66. The van der Waals surface area contributed by atoms with Crippen molar-refractivity contribution in [3.05, 3.63) is 34.5 Å². The van der Waals surface area contributed by atoms with Crippen LogP contribution in [0.3, 0.4) is 0 Å². The summed E-state index contributed by atoms with van der Waals surface area (Å²) < 4.78 is 19.3. The monoisotopic (exact) mass is 295 g/mol. The first-order valence-corrected chi connectivity index (χ1v) is 6.95. The Bertz CT molecular complexity index is 666. The van der Waals surface area contributed by atoms with Crippen LogP contribution in [0.15, 0.2) is 18.2 Å². The van der Waals surface area contributed by atoms with Gasteiger partial charge in [0.15, 0.2) is 0 Å². The highest BCUT2D eigenvalue weighted by molar-refractivity contribution is 7.21. The molecule has 1 aromatic heterocycles. The van der Waals surface area contributed by atoms with Gasteiger partial charge >= 0.3 is 5.97 Å². The van der Waals surface area contributed by atoms with Gasteiger partial charge in [0.05, 0.1) is 7.11 Å². The van der Waals surface area contributed by atoms with E-state index in [0.717, 1.165) is 11.3 Å². The molecule has 1 aromatic carbocycles. The van der Waals surface area contributed by atoms with Crippen LogP contribution in [0.1, 0.15) is 28.6 Å². The second-order valence-corrected chi connectivity index (χ2v) is 5.20. The number of halogens is 1. The lowest BCUT2D eigenvalue weighted by atomic mass is 10.1. The highest BCUT2D eigenvalue weighted by Crippen LogP contribution is 2.33. The molecule has 0 saturated carbocycles. The van der Waals surface area contributed by atoms with Crippen LogP contribution >= 0.6 is 11.3 Å². The van der Waals surface area contributed by atoms with Crippen LogP contribution in [-0.4, -0.2) is 19.0 Å². The Hall–Kier alpha value is -1.95. The van der Waals surface area contributed by atoms with E-state index in [2.05, 4.69) is 5.32 Å². The van der Waals surface area contributed by atoms with Crippen molar-refractivity contribution in [1.82, 2.24) is 5.32 Å². The Balaban J connectivity index is 2.51. The number of hydrogen-bond acceptors (Lipinski definition) is 4.